The molecule has 2 N–H and O–H groups in total. The number of fused-ring (bicyclic) bond motifs is 1. The predicted octanol–water partition coefficient (Wildman–Crippen LogP) is 1.69. The van der Waals surface area contributed by atoms with Crippen LogP contribution in [0.2, 0.25) is 0 Å². The molecule has 1 aromatic carbocycles. The van der Waals surface area contributed by atoms with Crippen LogP contribution in [-0.4, -0.2) is 67.2 Å². The van der Waals surface area contributed by atoms with Crippen molar-refractivity contribution >= 4 is 41.8 Å². The van der Waals surface area contributed by atoms with Crippen molar-refractivity contribution in [1.29, 1.82) is 0 Å². The van der Waals surface area contributed by atoms with Gasteiger partial charge in [0.05, 0.1) is 21.8 Å². The van der Waals surface area contributed by atoms with Gasteiger partial charge in [0.15, 0.2) is 5.71 Å². The number of unbranched alkanes of at least 4 members (excludes halogenated alkanes) is 2. The lowest BCUT2D eigenvalue weighted by Gasteiger charge is -2.23. The maximum absolute atomic E-state index is 11.5. The molecule has 1 unspecified atom stereocenters. The van der Waals surface area contributed by atoms with E-state index in [1.165, 1.54) is 18.2 Å². The van der Waals surface area contributed by atoms with Gasteiger partial charge < -0.3 is 4.55 Å². The Balaban J connectivity index is 2.34. The molecule has 13 heteroatoms. The first-order valence-corrected chi connectivity index (χ1v) is 14.3. The van der Waals surface area contributed by atoms with E-state index in [-0.39, 0.29) is 29.2 Å². The minimum atomic E-state index is -4.68. The van der Waals surface area contributed by atoms with Crippen LogP contribution in [0.1, 0.15) is 51.5 Å². The van der Waals surface area contributed by atoms with E-state index < -0.39 is 35.8 Å². The van der Waals surface area contributed by atoms with Crippen LogP contribution in [0.15, 0.2) is 23.1 Å². The summed E-state index contributed by atoms with van der Waals surface area (Å²) < 4.78 is 98.1. The first-order chi connectivity index (χ1) is 14.0. The van der Waals surface area contributed by atoms with Crippen molar-refractivity contribution in [2.75, 3.05) is 18.1 Å². The van der Waals surface area contributed by atoms with E-state index in [4.69, 9.17) is 9.11 Å². The fourth-order valence-electron chi connectivity index (χ4n) is 3.94. The topological polar surface area (TPSA) is 169 Å². The Kier molecular flexibility index (Phi) is 7.71. The highest BCUT2D eigenvalue weighted by atomic mass is 32.2. The average Bonchev–Trinajstić information content (AvgIpc) is 2.81. The number of hydrogen-bond acceptors (Lipinski definition) is 7. The zero-order valence-corrected chi connectivity index (χ0v) is 19.8. The standard InChI is InChI=1S/C18H27NO9S3/c1-14-18(2,9-3-5-11-29(20,21)22)16-13-15(31(26,27)28)7-8-17(16)19(14)10-4-6-12-30(23,24)25/h7-8,13H,3-6,9-12H2,1-2H3,(H2-,20,21,22,23,24,25,26,27,28). The molecule has 1 aliphatic heterocycles. The Morgan fingerprint density at radius 3 is 2.00 bits per heavy atom. The molecular weight excluding hydrogens is 470 g/mol. The van der Waals surface area contributed by atoms with Gasteiger partial charge >= 0.3 is 0 Å². The Hall–Kier alpha value is -1.38. The number of hydrogen-bond donors (Lipinski definition) is 2. The largest absolute Gasteiger partial charge is 0.744 e. The maximum atomic E-state index is 11.5. The molecule has 1 aromatic rings. The molecule has 1 aliphatic rings. The summed E-state index contributed by atoms with van der Waals surface area (Å²) in [6, 6.07) is 4.10. The van der Waals surface area contributed by atoms with Gasteiger partial charge in [-0.3, -0.25) is 9.11 Å². The first-order valence-electron chi connectivity index (χ1n) is 9.67. The van der Waals surface area contributed by atoms with Gasteiger partial charge in [0, 0.05) is 25.0 Å². The van der Waals surface area contributed by atoms with Crippen LogP contribution in [0, 0.1) is 0 Å². The summed E-state index contributed by atoms with van der Waals surface area (Å²) in [4.78, 5) is -0.364. The Morgan fingerprint density at radius 1 is 0.935 bits per heavy atom. The minimum Gasteiger partial charge on any atom is -0.744 e. The second-order valence-corrected chi connectivity index (χ2v) is 12.5. The second kappa shape index (κ2) is 9.24. The van der Waals surface area contributed by atoms with Crippen molar-refractivity contribution in [2.45, 2.75) is 56.3 Å². The van der Waals surface area contributed by atoms with Crippen LogP contribution in [0.25, 0.3) is 0 Å². The molecular formula is C18H27NO9S3. The maximum Gasteiger partial charge on any atom is 0.264 e. The minimum absolute atomic E-state index is 0.213. The smallest absolute Gasteiger partial charge is 0.264 e. The summed E-state index contributed by atoms with van der Waals surface area (Å²) in [5.74, 6) is -0.754. The zero-order valence-electron chi connectivity index (χ0n) is 17.3. The second-order valence-electron chi connectivity index (χ2n) is 7.94. The van der Waals surface area contributed by atoms with Crippen LogP contribution in [0.4, 0.5) is 5.69 Å². The lowest BCUT2D eigenvalue weighted by molar-refractivity contribution is -0.439. The predicted molar refractivity (Wildman–Crippen MR) is 113 cm³/mol. The molecule has 0 radical (unpaired) electrons. The molecule has 0 aromatic heterocycles. The molecule has 0 saturated carbocycles. The Morgan fingerprint density at radius 2 is 1.48 bits per heavy atom. The monoisotopic (exact) mass is 497 g/mol. The molecule has 0 saturated heterocycles. The number of nitrogens with zero attached hydrogens (tertiary/aromatic N) is 1. The molecule has 0 bridgehead atoms. The fourth-order valence-corrected chi connectivity index (χ4v) is 5.58. The van der Waals surface area contributed by atoms with E-state index in [1.54, 1.807) is 0 Å². The summed E-state index contributed by atoms with van der Waals surface area (Å²) >= 11 is 0. The molecule has 1 heterocycles. The van der Waals surface area contributed by atoms with Crippen molar-refractivity contribution in [3.63, 3.8) is 0 Å². The number of benzene rings is 1. The van der Waals surface area contributed by atoms with Crippen LogP contribution in [-0.2, 0) is 35.8 Å². The van der Waals surface area contributed by atoms with Gasteiger partial charge in [-0.2, -0.15) is 21.4 Å². The van der Waals surface area contributed by atoms with Gasteiger partial charge in [-0.15, -0.1) is 0 Å². The summed E-state index contributed by atoms with van der Waals surface area (Å²) in [6.07, 6.45) is 1.77. The lowest BCUT2D eigenvalue weighted by atomic mass is 9.76. The molecule has 31 heavy (non-hydrogen) atoms. The summed E-state index contributed by atoms with van der Waals surface area (Å²) in [7, 11) is -12.8. The highest BCUT2D eigenvalue weighted by Crippen LogP contribution is 2.44. The fraction of sp³-hybridized carbons (Fsp3) is 0.611. The van der Waals surface area contributed by atoms with Gasteiger partial charge in [0.25, 0.3) is 20.2 Å². The molecule has 10 nitrogen and oxygen atoms in total. The number of rotatable bonds is 11. The van der Waals surface area contributed by atoms with Crippen molar-refractivity contribution in [2.24, 2.45) is 0 Å². The van der Waals surface area contributed by atoms with E-state index in [1.807, 2.05) is 18.4 Å². The Bertz CT molecular complexity index is 1190. The quantitative estimate of drug-likeness (QED) is 0.262. The molecule has 2 rings (SSSR count). The zero-order chi connectivity index (χ0) is 23.7. The molecule has 176 valence electrons. The lowest BCUT2D eigenvalue weighted by Crippen LogP contribution is -2.31. The van der Waals surface area contributed by atoms with E-state index in [9.17, 15) is 29.8 Å². The summed E-state index contributed by atoms with van der Waals surface area (Å²) in [6.45, 7) is 4.13. The van der Waals surface area contributed by atoms with Crippen molar-refractivity contribution in [1.82, 2.24) is 0 Å². The van der Waals surface area contributed by atoms with E-state index in [0.717, 1.165) is 5.71 Å². The van der Waals surface area contributed by atoms with Crippen LogP contribution >= 0.6 is 0 Å². The van der Waals surface area contributed by atoms with Gasteiger partial charge in [-0.25, -0.2) is 8.42 Å². The average molecular weight is 498 g/mol. The van der Waals surface area contributed by atoms with Crippen molar-refractivity contribution in [3.8, 4) is 0 Å². The Labute approximate surface area is 183 Å². The van der Waals surface area contributed by atoms with Gasteiger partial charge in [0.2, 0.25) is 5.69 Å². The third-order valence-corrected chi connectivity index (χ3v) is 8.15. The van der Waals surface area contributed by atoms with Crippen molar-refractivity contribution in [3.05, 3.63) is 23.8 Å². The molecule has 0 amide bonds. The van der Waals surface area contributed by atoms with E-state index in [2.05, 4.69) is 0 Å². The van der Waals surface area contributed by atoms with Crippen LogP contribution < -0.4 is 0 Å². The highest BCUT2D eigenvalue weighted by Gasteiger charge is 2.46. The highest BCUT2D eigenvalue weighted by molar-refractivity contribution is 7.86. The molecule has 1 atom stereocenters. The molecule has 0 spiro atoms. The van der Waals surface area contributed by atoms with Gasteiger partial charge in [-0.1, -0.05) is 6.42 Å². The van der Waals surface area contributed by atoms with Gasteiger partial charge in [0.1, 0.15) is 16.7 Å². The SMILES string of the molecule is CC1=[N+](CCCCS(=O)(=O)O)c2ccc(S(=O)(=O)[O-])cc2C1(C)CCCCS(=O)(=O)O. The molecule has 0 aliphatic carbocycles. The van der Waals surface area contributed by atoms with E-state index in [0.29, 0.717) is 37.1 Å². The third-order valence-electron chi connectivity index (χ3n) is 5.71. The molecule has 0 fully saturated rings. The van der Waals surface area contributed by atoms with E-state index >= 15 is 0 Å². The van der Waals surface area contributed by atoms with Crippen LogP contribution in [0.3, 0.4) is 0 Å². The summed E-state index contributed by atoms with van der Waals surface area (Å²) in [5, 5.41) is 0. The van der Waals surface area contributed by atoms with Crippen molar-refractivity contribution < 1.29 is 43.5 Å². The first kappa shape index (κ1) is 25.9. The normalized spacial score (nSPS) is 19.6. The van der Waals surface area contributed by atoms with Gasteiger partial charge in [-0.05, 0) is 38.3 Å². The van der Waals surface area contributed by atoms with Crippen LogP contribution in [0.5, 0.6) is 0 Å². The third kappa shape index (κ3) is 6.80. The summed E-state index contributed by atoms with van der Waals surface area (Å²) in [5.41, 5.74) is 1.47.